The molecule has 2 aromatic rings. The van der Waals surface area contributed by atoms with Gasteiger partial charge in [-0.2, -0.15) is 5.26 Å². The number of nitrogens with zero attached hydrogens (tertiary/aromatic N) is 2. The summed E-state index contributed by atoms with van der Waals surface area (Å²) in [5.74, 6) is 0.822. The van der Waals surface area contributed by atoms with Crippen LogP contribution >= 0.6 is 0 Å². The molecule has 100 valence electrons. The van der Waals surface area contributed by atoms with Crippen LogP contribution in [-0.4, -0.2) is 0 Å². The van der Waals surface area contributed by atoms with Crippen LogP contribution in [0.15, 0.2) is 53.7 Å². The summed E-state index contributed by atoms with van der Waals surface area (Å²) in [5, 5.41) is 11.6. The van der Waals surface area contributed by atoms with Gasteiger partial charge in [0.15, 0.2) is 0 Å². The molecule has 2 rings (SSSR count). The van der Waals surface area contributed by atoms with Gasteiger partial charge in [-0.3, -0.25) is 0 Å². The van der Waals surface area contributed by atoms with Crippen molar-refractivity contribution in [1.82, 2.24) is 0 Å². The minimum atomic E-state index is -0.964. The Morgan fingerprint density at radius 2 is 2.05 bits per heavy atom. The third-order valence-electron chi connectivity index (χ3n) is 2.98. The van der Waals surface area contributed by atoms with Crippen molar-refractivity contribution in [2.24, 2.45) is 5.18 Å². The van der Waals surface area contributed by atoms with Crippen LogP contribution in [0, 0.1) is 23.2 Å². The highest BCUT2D eigenvalue weighted by Crippen LogP contribution is 2.20. The Bertz CT molecular complexity index is 647. The minimum absolute atomic E-state index is 0.385. The fourth-order valence-corrected chi connectivity index (χ4v) is 1.89. The van der Waals surface area contributed by atoms with E-state index in [9.17, 15) is 4.91 Å². The maximum Gasteiger partial charge on any atom is 0.203 e. The van der Waals surface area contributed by atoms with Crippen LogP contribution in [0.4, 0.5) is 0 Å². The molecule has 1 unspecified atom stereocenters. The van der Waals surface area contributed by atoms with E-state index < -0.39 is 6.04 Å². The van der Waals surface area contributed by atoms with Crippen molar-refractivity contribution in [2.45, 2.75) is 19.6 Å². The Hall–Kier alpha value is -2.67. The van der Waals surface area contributed by atoms with Crippen molar-refractivity contribution in [3.63, 3.8) is 0 Å². The van der Waals surface area contributed by atoms with Gasteiger partial charge in [0.25, 0.3) is 0 Å². The Balaban J connectivity index is 2.11. The molecule has 20 heavy (non-hydrogen) atoms. The molecule has 0 N–H and O–H groups in total. The molecule has 0 bridgehead atoms. The predicted octanol–water partition coefficient (Wildman–Crippen LogP) is 3.91. The van der Waals surface area contributed by atoms with Crippen molar-refractivity contribution in [1.29, 1.82) is 5.26 Å². The molecule has 0 aliphatic rings. The van der Waals surface area contributed by atoms with E-state index in [1.165, 1.54) is 0 Å². The molecular weight excluding hydrogens is 252 g/mol. The zero-order chi connectivity index (χ0) is 14.4. The standard InChI is InChI=1S/C16H14N2O2/c1-12-5-2-3-8-16(12)20-11-13-6-4-7-14(9-13)15(10-17)18-19/h2-9,15H,11H2,1H3. The predicted molar refractivity (Wildman–Crippen MR) is 76.1 cm³/mol. The zero-order valence-corrected chi connectivity index (χ0v) is 11.1. The lowest BCUT2D eigenvalue weighted by atomic mass is 10.1. The zero-order valence-electron chi connectivity index (χ0n) is 11.1. The number of rotatable bonds is 5. The van der Waals surface area contributed by atoms with Crippen molar-refractivity contribution in [3.05, 3.63) is 70.1 Å². The lowest BCUT2D eigenvalue weighted by Gasteiger charge is -2.10. The number of aryl methyl sites for hydroxylation is 1. The lowest BCUT2D eigenvalue weighted by molar-refractivity contribution is 0.304. The van der Waals surface area contributed by atoms with E-state index in [-0.39, 0.29) is 0 Å². The monoisotopic (exact) mass is 266 g/mol. The number of hydrogen-bond acceptors (Lipinski definition) is 4. The van der Waals surface area contributed by atoms with Gasteiger partial charge in [-0.05, 0) is 40.9 Å². The Morgan fingerprint density at radius 1 is 1.25 bits per heavy atom. The molecule has 0 amide bonds. The van der Waals surface area contributed by atoms with E-state index in [1.54, 1.807) is 18.2 Å². The van der Waals surface area contributed by atoms with Gasteiger partial charge in [0, 0.05) is 0 Å². The first kappa shape index (κ1) is 13.8. The third-order valence-corrected chi connectivity index (χ3v) is 2.98. The smallest absolute Gasteiger partial charge is 0.203 e. The lowest BCUT2D eigenvalue weighted by Crippen LogP contribution is -1.99. The summed E-state index contributed by atoms with van der Waals surface area (Å²) in [6.07, 6.45) is 0. The molecule has 0 heterocycles. The highest BCUT2D eigenvalue weighted by atomic mass is 16.5. The average Bonchev–Trinajstić information content (AvgIpc) is 2.48. The first-order chi connectivity index (χ1) is 9.74. The molecule has 0 aliphatic carbocycles. The van der Waals surface area contributed by atoms with Gasteiger partial charge < -0.3 is 4.74 Å². The molecule has 2 aromatic carbocycles. The van der Waals surface area contributed by atoms with E-state index in [4.69, 9.17) is 10.00 Å². The third kappa shape index (κ3) is 3.21. The van der Waals surface area contributed by atoms with E-state index in [1.807, 2.05) is 43.3 Å². The summed E-state index contributed by atoms with van der Waals surface area (Å²) in [5.41, 5.74) is 2.55. The normalized spacial score (nSPS) is 11.4. The summed E-state index contributed by atoms with van der Waals surface area (Å²) in [7, 11) is 0. The number of benzene rings is 2. The van der Waals surface area contributed by atoms with E-state index in [0.29, 0.717) is 12.2 Å². The van der Waals surface area contributed by atoms with E-state index in [0.717, 1.165) is 16.9 Å². The molecule has 0 aromatic heterocycles. The van der Waals surface area contributed by atoms with Gasteiger partial charge in [-0.1, -0.05) is 36.4 Å². The van der Waals surface area contributed by atoms with Crippen LogP contribution in [0.5, 0.6) is 5.75 Å². The molecule has 0 aliphatic heterocycles. The van der Waals surface area contributed by atoms with Crippen LogP contribution in [0.1, 0.15) is 22.7 Å². The van der Waals surface area contributed by atoms with Crippen LogP contribution in [0.25, 0.3) is 0 Å². The molecule has 0 radical (unpaired) electrons. The summed E-state index contributed by atoms with van der Waals surface area (Å²) in [6, 6.07) is 15.8. The van der Waals surface area contributed by atoms with E-state index in [2.05, 4.69) is 5.18 Å². The first-order valence-electron chi connectivity index (χ1n) is 6.24. The van der Waals surface area contributed by atoms with Crippen molar-refractivity contribution < 1.29 is 4.74 Å². The first-order valence-corrected chi connectivity index (χ1v) is 6.24. The summed E-state index contributed by atoms with van der Waals surface area (Å²) in [4.78, 5) is 10.6. The Kier molecular flexibility index (Phi) is 4.46. The minimum Gasteiger partial charge on any atom is -0.489 e. The molecule has 0 saturated heterocycles. The van der Waals surface area contributed by atoms with Gasteiger partial charge in [-0.15, -0.1) is 4.91 Å². The quantitative estimate of drug-likeness (QED) is 0.771. The second-order valence-corrected chi connectivity index (χ2v) is 4.44. The maximum absolute atomic E-state index is 10.6. The molecule has 4 nitrogen and oxygen atoms in total. The van der Waals surface area contributed by atoms with Crippen LogP contribution in [0.2, 0.25) is 0 Å². The van der Waals surface area contributed by atoms with Gasteiger partial charge in [0.2, 0.25) is 6.04 Å². The van der Waals surface area contributed by atoms with Gasteiger partial charge >= 0.3 is 0 Å². The van der Waals surface area contributed by atoms with Crippen molar-refractivity contribution >= 4 is 0 Å². The van der Waals surface area contributed by atoms with Crippen molar-refractivity contribution in [2.75, 3.05) is 0 Å². The summed E-state index contributed by atoms with van der Waals surface area (Å²) < 4.78 is 5.73. The number of nitroso groups, excluding NO2 is 1. The molecule has 0 fully saturated rings. The highest BCUT2D eigenvalue weighted by Gasteiger charge is 2.10. The fourth-order valence-electron chi connectivity index (χ4n) is 1.89. The number of hydrogen-bond donors (Lipinski definition) is 0. The second-order valence-electron chi connectivity index (χ2n) is 4.44. The van der Waals surface area contributed by atoms with Gasteiger partial charge in [-0.25, -0.2) is 0 Å². The second kappa shape index (κ2) is 6.48. The molecule has 4 heteroatoms. The van der Waals surface area contributed by atoms with Crippen LogP contribution < -0.4 is 4.74 Å². The molecule has 0 saturated carbocycles. The Morgan fingerprint density at radius 3 is 2.75 bits per heavy atom. The maximum atomic E-state index is 10.6. The van der Waals surface area contributed by atoms with Crippen LogP contribution in [0.3, 0.4) is 0 Å². The fraction of sp³-hybridized carbons (Fsp3) is 0.188. The highest BCUT2D eigenvalue weighted by molar-refractivity contribution is 5.33. The topological polar surface area (TPSA) is 62.4 Å². The SMILES string of the molecule is Cc1ccccc1OCc1cccc(C(C#N)N=O)c1. The van der Waals surface area contributed by atoms with Crippen LogP contribution in [-0.2, 0) is 6.61 Å². The largest absolute Gasteiger partial charge is 0.489 e. The number of ether oxygens (including phenoxy) is 1. The average molecular weight is 266 g/mol. The summed E-state index contributed by atoms with van der Waals surface area (Å²) >= 11 is 0. The molecule has 0 spiro atoms. The van der Waals surface area contributed by atoms with Crippen molar-refractivity contribution in [3.8, 4) is 11.8 Å². The molecule has 1 atom stereocenters. The number of para-hydroxylation sites is 1. The van der Waals surface area contributed by atoms with Gasteiger partial charge in [0.05, 0.1) is 6.07 Å². The Labute approximate surface area is 117 Å². The number of nitriles is 1. The summed E-state index contributed by atoms with van der Waals surface area (Å²) in [6.45, 7) is 2.36. The van der Waals surface area contributed by atoms with Gasteiger partial charge in [0.1, 0.15) is 12.4 Å². The van der Waals surface area contributed by atoms with E-state index >= 15 is 0 Å². The molecular formula is C16H14N2O2.